The molecule has 190 valence electrons. The molecule has 0 saturated heterocycles. The number of rotatable bonds is 7. The number of pyridine rings is 1. The number of nitrogen functional groups attached to an aromatic ring is 1. The summed E-state index contributed by atoms with van der Waals surface area (Å²) < 4.78 is 1.13. The van der Waals surface area contributed by atoms with Gasteiger partial charge in [-0.15, -0.1) is 41.0 Å². The SMILES string of the molecule is C=CC.CC.CC.CCCCSc1sc2nc(-c3nccs3)cc(-c3cccc(CO)c3)c2c1N. The highest BCUT2D eigenvalue weighted by Gasteiger charge is 2.18. The first kappa shape index (κ1) is 30.8. The van der Waals surface area contributed by atoms with Crippen LogP contribution in [-0.4, -0.2) is 20.8 Å². The topological polar surface area (TPSA) is 72.0 Å². The van der Waals surface area contributed by atoms with Crippen molar-refractivity contribution in [3.63, 3.8) is 0 Å². The molecule has 4 aromatic rings. The lowest BCUT2D eigenvalue weighted by Gasteiger charge is -2.09. The average Bonchev–Trinajstić information content (AvgIpc) is 3.55. The number of hydrogen-bond donors (Lipinski definition) is 2. The Bertz CT molecular complexity index is 1140. The molecule has 0 spiro atoms. The molecule has 35 heavy (non-hydrogen) atoms. The van der Waals surface area contributed by atoms with Gasteiger partial charge >= 0.3 is 0 Å². The van der Waals surface area contributed by atoms with Crippen LogP contribution in [0.5, 0.6) is 0 Å². The molecule has 0 atom stereocenters. The lowest BCUT2D eigenvalue weighted by Crippen LogP contribution is -1.92. The number of allylic oxidation sites excluding steroid dienone is 1. The third-order valence-electron chi connectivity index (χ3n) is 4.47. The fraction of sp³-hybridized carbons (Fsp3) is 0.357. The van der Waals surface area contributed by atoms with Crippen LogP contribution >= 0.6 is 34.4 Å². The number of nitrogens with two attached hydrogens (primary N) is 1. The van der Waals surface area contributed by atoms with Crippen molar-refractivity contribution in [1.82, 2.24) is 9.97 Å². The van der Waals surface area contributed by atoms with E-state index in [0.717, 1.165) is 53.3 Å². The maximum absolute atomic E-state index is 9.56. The highest BCUT2D eigenvalue weighted by Crippen LogP contribution is 2.45. The van der Waals surface area contributed by atoms with Gasteiger partial charge in [-0.1, -0.05) is 65.3 Å². The van der Waals surface area contributed by atoms with Gasteiger partial charge in [-0.05, 0) is 47.9 Å². The summed E-state index contributed by atoms with van der Waals surface area (Å²) in [5.74, 6) is 1.06. The Kier molecular flexibility index (Phi) is 15.2. The fourth-order valence-electron chi connectivity index (χ4n) is 3.04. The van der Waals surface area contributed by atoms with E-state index in [-0.39, 0.29) is 6.61 Å². The minimum Gasteiger partial charge on any atom is -0.397 e. The van der Waals surface area contributed by atoms with E-state index in [4.69, 9.17) is 10.7 Å². The Hall–Kier alpha value is -2.19. The van der Waals surface area contributed by atoms with Crippen molar-refractivity contribution in [2.45, 2.75) is 65.2 Å². The van der Waals surface area contributed by atoms with Crippen LogP contribution in [0, 0.1) is 0 Å². The van der Waals surface area contributed by atoms with E-state index >= 15 is 0 Å². The molecule has 3 N–H and O–H groups in total. The van der Waals surface area contributed by atoms with Gasteiger partial charge in [-0.2, -0.15) is 0 Å². The van der Waals surface area contributed by atoms with Gasteiger partial charge in [-0.25, -0.2) is 9.97 Å². The second-order valence-corrected chi connectivity index (χ2v) is 10.1. The summed E-state index contributed by atoms with van der Waals surface area (Å²) in [4.78, 5) is 10.3. The maximum Gasteiger partial charge on any atom is 0.141 e. The molecular formula is C28H39N3OS3. The number of nitrogens with zero attached hydrogens (tertiary/aromatic N) is 2. The number of aliphatic hydroxyl groups excluding tert-OH is 1. The van der Waals surface area contributed by atoms with Gasteiger partial charge < -0.3 is 10.8 Å². The Morgan fingerprint density at radius 3 is 2.49 bits per heavy atom. The third kappa shape index (κ3) is 8.46. The van der Waals surface area contributed by atoms with Crippen molar-refractivity contribution in [3.05, 3.63) is 60.1 Å². The molecule has 0 amide bonds. The van der Waals surface area contributed by atoms with E-state index in [9.17, 15) is 5.11 Å². The summed E-state index contributed by atoms with van der Waals surface area (Å²) in [6, 6.07) is 10.0. The highest BCUT2D eigenvalue weighted by atomic mass is 32.2. The highest BCUT2D eigenvalue weighted by molar-refractivity contribution is 8.01. The van der Waals surface area contributed by atoms with Crippen LogP contribution in [0.1, 0.15) is 59.9 Å². The molecule has 0 unspecified atom stereocenters. The predicted molar refractivity (Wildman–Crippen MR) is 161 cm³/mol. The van der Waals surface area contributed by atoms with Crippen molar-refractivity contribution in [3.8, 4) is 21.8 Å². The summed E-state index contributed by atoms with van der Waals surface area (Å²) >= 11 is 5.05. The van der Waals surface area contributed by atoms with Crippen molar-refractivity contribution in [2.24, 2.45) is 0 Å². The number of fused-ring (bicyclic) bond motifs is 1. The number of unbranched alkanes of at least 4 members (excludes halogenated alkanes) is 1. The Morgan fingerprint density at radius 1 is 1.17 bits per heavy atom. The number of thioether (sulfide) groups is 1. The van der Waals surface area contributed by atoms with Gasteiger partial charge in [-0.3, -0.25) is 0 Å². The molecular weight excluding hydrogens is 491 g/mol. The van der Waals surface area contributed by atoms with E-state index in [0.29, 0.717) is 0 Å². The molecule has 4 nitrogen and oxygen atoms in total. The zero-order valence-corrected chi connectivity index (χ0v) is 24.2. The summed E-state index contributed by atoms with van der Waals surface area (Å²) in [7, 11) is 0. The number of hydrogen-bond acceptors (Lipinski definition) is 7. The molecule has 4 rings (SSSR count). The zero-order chi connectivity index (χ0) is 26.2. The molecule has 0 aliphatic heterocycles. The van der Waals surface area contributed by atoms with Crippen LogP contribution < -0.4 is 5.73 Å². The predicted octanol–water partition coefficient (Wildman–Crippen LogP) is 9.30. The number of benzene rings is 1. The smallest absolute Gasteiger partial charge is 0.141 e. The minimum atomic E-state index is 0.0125. The van der Waals surface area contributed by atoms with Crippen molar-refractivity contribution in [1.29, 1.82) is 0 Å². The van der Waals surface area contributed by atoms with Gasteiger partial charge in [0, 0.05) is 17.0 Å². The minimum absolute atomic E-state index is 0.0125. The molecule has 7 heteroatoms. The fourth-order valence-corrected chi connectivity index (χ4v) is 6.09. The van der Waals surface area contributed by atoms with E-state index in [1.165, 1.54) is 12.8 Å². The normalized spacial score (nSPS) is 9.80. The lowest BCUT2D eigenvalue weighted by molar-refractivity contribution is 0.282. The van der Waals surface area contributed by atoms with E-state index in [1.54, 1.807) is 34.9 Å². The first-order valence-corrected chi connectivity index (χ1v) is 14.8. The molecule has 1 aromatic carbocycles. The Balaban J connectivity index is 0.000000797. The first-order valence-electron chi connectivity index (χ1n) is 12.2. The molecule has 0 fully saturated rings. The third-order valence-corrected chi connectivity index (χ3v) is 7.74. The number of thiazole rings is 1. The number of thiophene rings is 1. The number of aromatic nitrogens is 2. The van der Waals surface area contributed by atoms with Gasteiger partial charge in [0.25, 0.3) is 0 Å². The molecule has 0 saturated carbocycles. The summed E-state index contributed by atoms with van der Waals surface area (Å²) in [6.07, 6.45) is 5.89. The second-order valence-electron chi connectivity index (χ2n) is 6.84. The summed E-state index contributed by atoms with van der Waals surface area (Å²) in [5, 5.41) is 13.4. The Labute approximate surface area is 223 Å². The molecule has 0 bridgehead atoms. The van der Waals surface area contributed by atoms with E-state index in [2.05, 4.69) is 30.6 Å². The molecule has 0 aliphatic carbocycles. The van der Waals surface area contributed by atoms with Gasteiger partial charge in [0.1, 0.15) is 15.5 Å². The maximum atomic E-state index is 9.56. The monoisotopic (exact) mass is 529 g/mol. The largest absolute Gasteiger partial charge is 0.397 e. The molecule has 0 aliphatic rings. The quantitative estimate of drug-likeness (QED) is 0.142. The van der Waals surface area contributed by atoms with E-state index in [1.807, 2.05) is 70.0 Å². The molecule has 3 heterocycles. The van der Waals surface area contributed by atoms with Crippen LogP contribution in [0.25, 0.3) is 32.0 Å². The van der Waals surface area contributed by atoms with Gasteiger partial charge in [0.15, 0.2) is 0 Å². The number of anilines is 1. The summed E-state index contributed by atoms with van der Waals surface area (Å²) in [6.45, 7) is 15.5. The van der Waals surface area contributed by atoms with Crippen LogP contribution in [0.2, 0.25) is 0 Å². The van der Waals surface area contributed by atoms with Crippen LogP contribution in [0.3, 0.4) is 0 Å². The lowest BCUT2D eigenvalue weighted by atomic mass is 10.00. The van der Waals surface area contributed by atoms with Crippen molar-refractivity contribution in [2.75, 3.05) is 11.5 Å². The molecule has 3 aromatic heterocycles. The average molecular weight is 530 g/mol. The molecule has 0 radical (unpaired) electrons. The summed E-state index contributed by atoms with van der Waals surface area (Å²) in [5.41, 5.74) is 11.2. The van der Waals surface area contributed by atoms with E-state index < -0.39 is 0 Å². The van der Waals surface area contributed by atoms with Crippen LogP contribution in [-0.2, 0) is 6.61 Å². The van der Waals surface area contributed by atoms with Gasteiger partial charge in [0.05, 0.1) is 16.5 Å². The van der Waals surface area contributed by atoms with Crippen molar-refractivity contribution >= 4 is 50.3 Å². The number of aliphatic hydroxyl groups is 1. The van der Waals surface area contributed by atoms with Crippen LogP contribution in [0.15, 0.2) is 58.8 Å². The Morgan fingerprint density at radius 2 is 1.89 bits per heavy atom. The first-order chi connectivity index (χ1) is 17.1. The second kappa shape index (κ2) is 17.3. The van der Waals surface area contributed by atoms with Crippen LogP contribution in [0.4, 0.5) is 5.69 Å². The van der Waals surface area contributed by atoms with Gasteiger partial charge in [0.2, 0.25) is 0 Å². The standard InChI is InChI=1S/C21H21N3OS3.C3H6.2C2H6/c1-2-3-8-27-21-18(22)17-15(14-6-4-5-13(10-14)12-25)11-16(24-20(17)28-21)19-23-7-9-26-19;1-3-2;2*1-2/h4-7,9-11,25H,2-3,8,12,22H2,1H3;3H,1H2,2H3;2*1-2H3. The zero-order valence-electron chi connectivity index (χ0n) is 21.8. The van der Waals surface area contributed by atoms with Crippen molar-refractivity contribution < 1.29 is 5.11 Å².